The van der Waals surface area contributed by atoms with Crippen LogP contribution in [0.2, 0.25) is 0 Å². The number of phosphoric ester groups is 1. The van der Waals surface area contributed by atoms with Gasteiger partial charge in [-0.2, -0.15) is 0 Å². The van der Waals surface area contributed by atoms with E-state index in [0.717, 1.165) is 89.9 Å². The zero-order valence-corrected chi connectivity index (χ0v) is 38.3. The standard InChI is InChI=1S/C49H87O8P/c1-4-7-9-11-13-15-17-19-21-22-23-24-25-26-27-28-30-32-34-36-38-40-42-44-49(51)57-47(46-56-58(52,53)55-6-3)45-54-48(50)43-41-39-37-35-33-31-29-20-18-16-14-12-10-8-5-2/h7,9,13,15,19-21,23-24,29,47H,4-6,8,10-12,14,16-18,22,25-28,30-46H2,1-3H3,(H,52,53)/b9-7-,15-13-,21-19-,24-23-,29-20-. The lowest BCUT2D eigenvalue weighted by Crippen LogP contribution is -2.29. The summed E-state index contributed by atoms with van der Waals surface area (Å²) in [5.41, 5.74) is 0. The Hall–Kier alpha value is -2.25. The van der Waals surface area contributed by atoms with Crippen molar-refractivity contribution in [2.45, 2.75) is 219 Å². The summed E-state index contributed by atoms with van der Waals surface area (Å²) in [5.74, 6) is -0.811. The van der Waals surface area contributed by atoms with Crippen molar-refractivity contribution in [2.75, 3.05) is 19.8 Å². The minimum Gasteiger partial charge on any atom is -0.462 e. The molecular formula is C49H87O8P. The molecule has 0 aliphatic rings. The van der Waals surface area contributed by atoms with E-state index in [2.05, 4.69) is 74.6 Å². The summed E-state index contributed by atoms with van der Waals surface area (Å²) in [6.07, 6.45) is 54.2. The van der Waals surface area contributed by atoms with Crippen LogP contribution in [0, 0.1) is 0 Å². The van der Waals surface area contributed by atoms with Crippen LogP contribution in [-0.2, 0) is 32.7 Å². The fraction of sp³-hybridized carbons (Fsp3) is 0.755. The molecule has 0 saturated carbocycles. The van der Waals surface area contributed by atoms with Crippen LogP contribution in [-0.4, -0.2) is 42.8 Å². The Morgan fingerprint density at radius 3 is 1.34 bits per heavy atom. The van der Waals surface area contributed by atoms with E-state index in [9.17, 15) is 19.0 Å². The summed E-state index contributed by atoms with van der Waals surface area (Å²) in [4.78, 5) is 34.8. The van der Waals surface area contributed by atoms with Crippen molar-refractivity contribution in [2.24, 2.45) is 0 Å². The molecule has 2 unspecified atom stereocenters. The number of carbonyl (C=O) groups excluding carboxylic acids is 2. The third-order valence-corrected chi connectivity index (χ3v) is 10.9. The smallest absolute Gasteiger partial charge is 0.462 e. The predicted molar refractivity (Wildman–Crippen MR) is 244 cm³/mol. The van der Waals surface area contributed by atoms with Gasteiger partial charge in [-0.3, -0.25) is 18.6 Å². The fourth-order valence-electron chi connectivity index (χ4n) is 6.38. The molecule has 2 atom stereocenters. The van der Waals surface area contributed by atoms with Gasteiger partial charge in [-0.25, -0.2) is 4.57 Å². The maximum atomic E-state index is 12.6. The largest absolute Gasteiger partial charge is 0.472 e. The molecule has 58 heavy (non-hydrogen) atoms. The molecule has 0 heterocycles. The molecule has 0 aliphatic heterocycles. The minimum absolute atomic E-state index is 0.00355. The van der Waals surface area contributed by atoms with Gasteiger partial charge >= 0.3 is 19.8 Å². The number of rotatable bonds is 43. The normalized spacial score (nSPS) is 13.8. The number of hydrogen-bond donors (Lipinski definition) is 1. The number of hydrogen-bond acceptors (Lipinski definition) is 7. The van der Waals surface area contributed by atoms with E-state index < -0.39 is 26.5 Å². The summed E-state index contributed by atoms with van der Waals surface area (Å²) in [6, 6.07) is 0. The molecule has 0 aromatic carbocycles. The van der Waals surface area contributed by atoms with Crippen molar-refractivity contribution in [3.63, 3.8) is 0 Å². The second-order valence-electron chi connectivity index (χ2n) is 15.4. The first-order valence-electron chi connectivity index (χ1n) is 23.6. The lowest BCUT2D eigenvalue weighted by Gasteiger charge is -2.19. The fourth-order valence-corrected chi connectivity index (χ4v) is 7.14. The minimum atomic E-state index is -4.29. The molecule has 1 N–H and O–H groups in total. The summed E-state index contributed by atoms with van der Waals surface area (Å²) in [5, 5.41) is 0. The number of phosphoric acid groups is 1. The molecule has 0 amide bonds. The molecule has 0 saturated heterocycles. The lowest BCUT2D eigenvalue weighted by molar-refractivity contribution is -0.161. The third kappa shape index (κ3) is 43.3. The van der Waals surface area contributed by atoms with E-state index in [1.165, 1.54) is 83.5 Å². The van der Waals surface area contributed by atoms with Gasteiger partial charge in [0.1, 0.15) is 6.61 Å². The average molecular weight is 835 g/mol. The molecule has 0 aromatic rings. The second-order valence-corrected chi connectivity index (χ2v) is 16.8. The quantitative estimate of drug-likeness (QED) is 0.0280. The van der Waals surface area contributed by atoms with Gasteiger partial charge in [-0.05, 0) is 84.0 Å². The summed E-state index contributed by atoms with van der Waals surface area (Å²) in [6.45, 7) is 5.35. The van der Waals surface area contributed by atoms with Gasteiger partial charge in [0.05, 0.1) is 13.2 Å². The summed E-state index contributed by atoms with van der Waals surface area (Å²) >= 11 is 0. The Kier molecular flexibility index (Phi) is 42.6. The van der Waals surface area contributed by atoms with Gasteiger partial charge in [-0.1, -0.05) is 177 Å². The van der Waals surface area contributed by atoms with Crippen molar-refractivity contribution in [1.82, 2.24) is 0 Å². The first-order valence-corrected chi connectivity index (χ1v) is 25.1. The van der Waals surface area contributed by atoms with Gasteiger partial charge < -0.3 is 14.4 Å². The Morgan fingerprint density at radius 2 is 0.879 bits per heavy atom. The van der Waals surface area contributed by atoms with E-state index in [-0.39, 0.29) is 32.0 Å². The van der Waals surface area contributed by atoms with Crippen molar-refractivity contribution < 1.29 is 37.6 Å². The number of ether oxygens (including phenoxy) is 2. The van der Waals surface area contributed by atoms with Crippen LogP contribution in [0.3, 0.4) is 0 Å². The Balaban J connectivity index is 4.03. The molecule has 0 radical (unpaired) electrons. The monoisotopic (exact) mass is 835 g/mol. The van der Waals surface area contributed by atoms with E-state index in [1.807, 2.05) is 0 Å². The Labute approximate surface area is 356 Å². The average Bonchev–Trinajstić information content (AvgIpc) is 3.20. The van der Waals surface area contributed by atoms with Crippen LogP contribution >= 0.6 is 7.82 Å². The molecule has 0 fully saturated rings. The topological polar surface area (TPSA) is 108 Å². The lowest BCUT2D eigenvalue weighted by atomic mass is 10.0. The van der Waals surface area contributed by atoms with Crippen molar-refractivity contribution in [1.29, 1.82) is 0 Å². The molecule has 0 aliphatic carbocycles. The maximum Gasteiger partial charge on any atom is 0.472 e. The van der Waals surface area contributed by atoms with E-state index in [1.54, 1.807) is 6.92 Å². The SMILES string of the molecule is CC/C=C\C/C=C\C/C=C\C/C=C\CCCCCCCCCCCCC(=O)OC(COC(=O)CCCCCCC/C=C\CCCCCCCC)COP(=O)(O)OCC. The summed E-state index contributed by atoms with van der Waals surface area (Å²) in [7, 11) is -4.29. The predicted octanol–water partition coefficient (Wildman–Crippen LogP) is 15.1. The molecule has 9 heteroatoms. The molecule has 0 bridgehead atoms. The molecule has 8 nitrogen and oxygen atoms in total. The van der Waals surface area contributed by atoms with Crippen molar-refractivity contribution >= 4 is 19.8 Å². The highest BCUT2D eigenvalue weighted by Gasteiger charge is 2.25. The van der Waals surface area contributed by atoms with Crippen LogP contribution < -0.4 is 0 Å². The molecule has 0 aromatic heterocycles. The molecule has 0 spiro atoms. The van der Waals surface area contributed by atoms with Crippen molar-refractivity contribution in [3.8, 4) is 0 Å². The van der Waals surface area contributed by atoms with Crippen LogP contribution in [0.15, 0.2) is 60.8 Å². The number of esters is 2. The zero-order chi connectivity index (χ0) is 42.5. The molecule has 336 valence electrons. The van der Waals surface area contributed by atoms with Crippen LogP contribution in [0.25, 0.3) is 0 Å². The summed E-state index contributed by atoms with van der Waals surface area (Å²) < 4.78 is 32.7. The number of allylic oxidation sites excluding steroid dienone is 10. The van der Waals surface area contributed by atoms with Gasteiger partial charge in [0.2, 0.25) is 0 Å². The number of unbranched alkanes of at least 4 members (excludes halogenated alkanes) is 21. The first-order chi connectivity index (χ1) is 28.3. The Bertz CT molecular complexity index is 1130. The zero-order valence-electron chi connectivity index (χ0n) is 37.4. The van der Waals surface area contributed by atoms with Gasteiger partial charge in [0.15, 0.2) is 6.10 Å². The van der Waals surface area contributed by atoms with Crippen LogP contribution in [0.4, 0.5) is 0 Å². The Morgan fingerprint density at radius 1 is 0.483 bits per heavy atom. The van der Waals surface area contributed by atoms with E-state index in [0.29, 0.717) is 6.42 Å². The van der Waals surface area contributed by atoms with Crippen LogP contribution in [0.1, 0.15) is 213 Å². The highest BCUT2D eigenvalue weighted by atomic mass is 31.2. The van der Waals surface area contributed by atoms with E-state index in [4.69, 9.17) is 18.5 Å². The van der Waals surface area contributed by atoms with Crippen LogP contribution in [0.5, 0.6) is 0 Å². The second kappa shape index (κ2) is 44.3. The van der Waals surface area contributed by atoms with Gasteiger partial charge in [0, 0.05) is 12.8 Å². The molecular weight excluding hydrogens is 748 g/mol. The number of carbonyl (C=O) groups is 2. The highest BCUT2D eigenvalue weighted by Crippen LogP contribution is 2.43. The maximum absolute atomic E-state index is 12.6. The van der Waals surface area contributed by atoms with E-state index >= 15 is 0 Å². The third-order valence-electron chi connectivity index (χ3n) is 9.81. The van der Waals surface area contributed by atoms with Crippen molar-refractivity contribution in [3.05, 3.63) is 60.8 Å². The first kappa shape index (κ1) is 55.8. The van der Waals surface area contributed by atoms with Gasteiger partial charge in [0.25, 0.3) is 0 Å². The van der Waals surface area contributed by atoms with Gasteiger partial charge in [-0.15, -0.1) is 0 Å². The molecule has 0 rings (SSSR count). The highest BCUT2D eigenvalue weighted by molar-refractivity contribution is 7.47.